The Kier molecular flexibility index (Phi) is 6.95. The normalized spacial score (nSPS) is 24.7. The topological polar surface area (TPSA) is 61.1 Å². The summed E-state index contributed by atoms with van der Waals surface area (Å²) in [6, 6.07) is 6.84. The van der Waals surface area contributed by atoms with E-state index in [0.29, 0.717) is 29.6 Å². The third kappa shape index (κ3) is 4.96. The average molecular weight is 518 g/mol. The molecule has 8 heteroatoms. The lowest BCUT2D eigenvalue weighted by molar-refractivity contribution is 0.0893. The Morgan fingerprint density at radius 1 is 1.08 bits per heavy atom. The number of aromatic nitrogens is 3. The Balaban J connectivity index is 1.16. The first-order chi connectivity index (χ1) is 18.4. The third-order valence-corrected chi connectivity index (χ3v) is 8.78. The van der Waals surface area contributed by atoms with Crippen molar-refractivity contribution in [1.29, 1.82) is 0 Å². The van der Waals surface area contributed by atoms with Gasteiger partial charge in [0.2, 0.25) is 5.95 Å². The van der Waals surface area contributed by atoms with Crippen molar-refractivity contribution in [3.63, 3.8) is 0 Å². The zero-order valence-electron chi connectivity index (χ0n) is 23.1. The number of likely N-dealkylation sites (N-methyl/N-ethyl adjacent to an activating group) is 1. The van der Waals surface area contributed by atoms with E-state index in [1.807, 2.05) is 29.9 Å². The molecule has 0 radical (unpaired) electrons. The molecule has 7 nitrogen and oxygen atoms in total. The molecular weight excluding hydrogens is 477 g/mol. The number of nitrogens with one attached hydrogen (secondary N) is 1. The average Bonchev–Trinajstić information content (AvgIpc) is 3.46. The van der Waals surface area contributed by atoms with Crippen LogP contribution in [0.3, 0.4) is 0 Å². The van der Waals surface area contributed by atoms with Crippen LogP contribution in [0.25, 0.3) is 16.6 Å². The van der Waals surface area contributed by atoms with Crippen molar-refractivity contribution in [2.45, 2.75) is 70.9 Å². The summed E-state index contributed by atoms with van der Waals surface area (Å²) < 4.78 is 17.0. The molecule has 2 aliphatic heterocycles. The molecule has 38 heavy (non-hydrogen) atoms. The summed E-state index contributed by atoms with van der Waals surface area (Å²) in [6.45, 7) is 11.2. The SMILES string of the molecule is CC1=Nc2c(F)cc(-c3ccn4nc(NC5CCC(N6CCN(C)CC6)CC5)ncc34)cc2C1CC(C)C. The summed E-state index contributed by atoms with van der Waals surface area (Å²) in [4.78, 5) is 14.3. The highest BCUT2D eigenvalue weighted by Gasteiger charge is 2.30. The molecule has 202 valence electrons. The molecule has 0 bridgehead atoms. The van der Waals surface area contributed by atoms with E-state index in [1.54, 1.807) is 6.07 Å². The van der Waals surface area contributed by atoms with Gasteiger partial charge in [-0.1, -0.05) is 13.8 Å². The maximum Gasteiger partial charge on any atom is 0.241 e. The van der Waals surface area contributed by atoms with Gasteiger partial charge in [0.15, 0.2) is 0 Å². The maximum absolute atomic E-state index is 15.2. The summed E-state index contributed by atoms with van der Waals surface area (Å²) >= 11 is 0. The molecule has 1 N–H and O–H groups in total. The lowest BCUT2D eigenvalue weighted by Crippen LogP contribution is -2.50. The number of nitrogens with zero attached hydrogens (tertiary/aromatic N) is 6. The Labute approximate surface area is 225 Å². The molecule has 1 saturated heterocycles. The van der Waals surface area contributed by atoms with Gasteiger partial charge in [-0.25, -0.2) is 13.9 Å². The number of piperazine rings is 1. The van der Waals surface area contributed by atoms with E-state index in [9.17, 15) is 0 Å². The van der Waals surface area contributed by atoms with Gasteiger partial charge in [-0.3, -0.25) is 9.89 Å². The van der Waals surface area contributed by atoms with Gasteiger partial charge in [0.1, 0.15) is 11.5 Å². The zero-order chi connectivity index (χ0) is 26.4. The van der Waals surface area contributed by atoms with Crippen molar-refractivity contribution in [3.8, 4) is 11.1 Å². The Morgan fingerprint density at radius 3 is 2.58 bits per heavy atom. The van der Waals surface area contributed by atoms with Gasteiger partial charge in [0, 0.05) is 61.7 Å². The molecule has 1 aliphatic carbocycles. The van der Waals surface area contributed by atoms with Crippen LogP contribution in [0.15, 0.2) is 35.6 Å². The second-order valence-electron chi connectivity index (χ2n) is 12.0. The van der Waals surface area contributed by atoms with Gasteiger partial charge in [-0.05, 0) is 81.3 Å². The molecule has 1 saturated carbocycles. The first-order valence-electron chi connectivity index (χ1n) is 14.3. The fraction of sp³-hybridized carbons (Fsp3) is 0.567. The lowest BCUT2D eigenvalue weighted by Gasteiger charge is -2.41. The van der Waals surface area contributed by atoms with Gasteiger partial charge >= 0.3 is 0 Å². The second kappa shape index (κ2) is 10.4. The number of anilines is 1. The van der Waals surface area contributed by atoms with Gasteiger partial charge in [0.05, 0.1) is 11.7 Å². The number of rotatable bonds is 6. The van der Waals surface area contributed by atoms with Crippen molar-refractivity contribution >= 4 is 22.9 Å². The van der Waals surface area contributed by atoms with Crippen LogP contribution in [0.5, 0.6) is 0 Å². The molecule has 1 atom stereocenters. The molecular formula is C30H40FN7. The summed E-state index contributed by atoms with van der Waals surface area (Å²) in [6.07, 6.45) is 9.51. The molecule has 2 aromatic heterocycles. The van der Waals surface area contributed by atoms with Gasteiger partial charge in [-0.15, -0.1) is 5.10 Å². The van der Waals surface area contributed by atoms with Crippen molar-refractivity contribution in [2.24, 2.45) is 10.9 Å². The van der Waals surface area contributed by atoms with Gasteiger partial charge < -0.3 is 10.2 Å². The Morgan fingerprint density at radius 2 is 1.84 bits per heavy atom. The van der Waals surface area contributed by atoms with E-state index in [4.69, 9.17) is 5.10 Å². The summed E-state index contributed by atoms with van der Waals surface area (Å²) in [5, 5.41) is 8.34. The predicted octanol–water partition coefficient (Wildman–Crippen LogP) is 5.74. The quantitative estimate of drug-likeness (QED) is 0.452. The molecule has 1 aromatic carbocycles. The molecule has 2 fully saturated rings. The number of hydrogen-bond acceptors (Lipinski definition) is 6. The molecule has 0 amide bonds. The van der Waals surface area contributed by atoms with Crippen LogP contribution in [-0.2, 0) is 0 Å². The van der Waals surface area contributed by atoms with E-state index in [-0.39, 0.29) is 11.7 Å². The fourth-order valence-electron chi connectivity index (χ4n) is 6.57. The van der Waals surface area contributed by atoms with E-state index in [1.165, 1.54) is 39.0 Å². The maximum atomic E-state index is 15.2. The largest absolute Gasteiger partial charge is 0.350 e. The highest BCUT2D eigenvalue weighted by molar-refractivity contribution is 5.97. The zero-order valence-corrected chi connectivity index (χ0v) is 23.1. The van der Waals surface area contributed by atoms with Crippen molar-refractivity contribution in [2.75, 3.05) is 38.5 Å². The lowest BCUT2D eigenvalue weighted by atomic mass is 9.87. The summed E-state index contributed by atoms with van der Waals surface area (Å²) in [5.41, 5.74) is 5.18. The second-order valence-corrected chi connectivity index (χ2v) is 12.0. The van der Waals surface area contributed by atoms with E-state index in [0.717, 1.165) is 47.2 Å². The third-order valence-electron chi connectivity index (χ3n) is 8.78. The highest BCUT2D eigenvalue weighted by atomic mass is 19.1. The van der Waals surface area contributed by atoms with Crippen LogP contribution in [0.1, 0.15) is 64.4 Å². The summed E-state index contributed by atoms with van der Waals surface area (Å²) in [5.74, 6) is 1.09. The van der Waals surface area contributed by atoms with E-state index >= 15 is 4.39 Å². The monoisotopic (exact) mass is 517 g/mol. The number of fused-ring (bicyclic) bond motifs is 2. The van der Waals surface area contributed by atoms with Crippen LogP contribution in [-0.4, -0.2) is 75.4 Å². The van der Waals surface area contributed by atoms with Crippen LogP contribution >= 0.6 is 0 Å². The Hall–Kier alpha value is -2.84. The minimum absolute atomic E-state index is 0.173. The molecule has 6 rings (SSSR count). The first-order valence-corrected chi connectivity index (χ1v) is 14.3. The van der Waals surface area contributed by atoms with Crippen LogP contribution in [0.4, 0.5) is 16.0 Å². The first kappa shape index (κ1) is 25.4. The summed E-state index contributed by atoms with van der Waals surface area (Å²) in [7, 11) is 2.21. The molecule has 3 aliphatic rings. The molecule has 1 unspecified atom stereocenters. The number of halogens is 1. The standard InChI is InChI=1S/C30H40FN7/c1-19(2)15-25-20(3)33-29-26(25)16-21(17-27(29)31)24-9-10-38-28(24)18-32-30(35-38)34-22-5-7-23(8-6-22)37-13-11-36(4)12-14-37/h9-10,16-19,22-23,25H,5-8,11-15H2,1-4H3,(H,34,35). The van der Waals surface area contributed by atoms with Crippen molar-refractivity contribution in [1.82, 2.24) is 24.4 Å². The van der Waals surface area contributed by atoms with Crippen LogP contribution in [0, 0.1) is 11.7 Å². The number of benzene rings is 1. The Bertz CT molecular complexity index is 1330. The molecule has 3 aromatic rings. The van der Waals surface area contributed by atoms with Gasteiger partial charge in [0.25, 0.3) is 0 Å². The van der Waals surface area contributed by atoms with Crippen LogP contribution < -0.4 is 5.32 Å². The van der Waals surface area contributed by atoms with E-state index in [2.05, 4.69) is 52.1 Å². The minimum atomic E-state index is -0.256. The molecule has 4 heterocycles. The van der Waals surface area contributed by atoms with Gasteiger partial charge in [-0.2, -0.15) is 0 Å². The van der Waals surface area contributed by atoms with Crippen molar-refractivity contribution < 1.29 is 4.39 Å². The number of hydrogen-bond donors (Lipinski definition) is 1. The predicted molar refractivity (Wildman–Crippen MR) is 152 cm³/mol. The van der Waals surface area contributed by atoms with Crippen molar-refractivity contribution in [3.05, 3.63) is 42.0 Å². The number of aliphatic imine (C=N–C) groups is 1. The minimum Gasteiger partial charge on any atom is -0.350 e. The van der Waals surface area contributed by atoms with E-state index < -0.39 is 0 Å². The fourth-order valence-corrected chi connectivity index (χ4v) is 6.57. The molecule has 0 spiro atoms. The smallest absolute Gasteiger partial charge is 0.241 e. The highest BCUT2D eigenvalue weighted by Crippen LogP contribution is 2.43. The van der Waals surface area contributed by atoms with Crippen LogP contribution in [0.2, 0.25) is 0 Å².